The van der Waals surface area contributed by atoms with Gasteiger partial charge in [0.05, 0.1) is 10.7 Å². The number of benzene rings is 1. The molecule has 0 amide bonds. The van der Waals surface area contributed by atoms with Crippen molar-refractivity contribution in [1.82, 2.24) is 9.97 Å². The van der Waals surface area contributed by atoms with Gasteiger partial charge in [0, 0.05) is 25.1 Å². The molecule has 94 valence electrons. The van der Waals surface area contributed by atoms with Crippen LogP contribution >= 0.6 is 11.6 Å². The number of aryl methyl sites for hydroxylation is 1. The first-order valence-corrected chi connectivity index (χ1v) is 6.03. The van der Waals surface area contributed by atoms with Gasteiger partial charge in [-0.2, -0.15) is 0 Å². The maximum atomic E-state index is 13.0. The molecule has 0 unspecified atom stereocenters. The summed E-state index contributed by atoms with van der Waals surface area (Å²) in [6, 6.07) is 6.06. The average molecular weight is 266 g/mol. The van der Waals surface area contributed by atoms with Crippen molar-refractivity contribution < 1.29 is 4.39 Å². The molecule has 0 bridgehead atoms. The van der Waals surface area contributed by atoms with Crippen molar-refractivity contribution in [3.63, 3.8) is 0 Å². The van der Waals surface area contributed by atoms with Gasteiger partial charge in [-0.1, -0.05) is 18.5 Å². The maximum Gasteiger partial charge on any atom is 0.131 e. The molecule has 1 heterocycles. The number of hydrogen-bond acceptors (Lipinski definition) is 3. The Hall–Kier alpha value is -1.68. The van der Waals surface area contributed by atoms with E-state index < -0.39 is 0 Å². The SMILES string of the molecule is CCc1nc(NC)cc(-c2ccc(F)cc2Cl)n1. The first-order chi connectivity index (χ1) is 8.63. The molecule has 0 spiro atoms. The normalized spacial score (nSPS) is 10.4. The van der Waals surface area contributed by atoms with Crippen LogP contribution in [0.5, 0.6) is 0 Å². The second-order valence-corrected chi connectivity index (χ2v) is 4.19. The molecular formula is C13H13ClFN3. The zero-order valence-corrected chi connectivity index (χ0v) is 10.9. The summed E-state index contributed by atoms with van der Waals surface area (Å²) in [5.41, 5.74) is 1.39. The average Bonchev–Trinajstić information content (AvgIpc) is 2.38. The lowest BCUT2D eigenvalue weighted by atomic mass is 10.1. The zero-order chi connectivity index (χ0) is 13.1. The van der Waals surface area contributed by atoms with Gasteiger partial charge in [0.1, 0.15) is 17.5 Å². The molecule has 0 atom stereocenters. The minimum absolute atomic E-state index is 0.345. The van der Waals surface area contributed by atoms with Crippen molar-refractivity contribution in [1.29, 1.82) is 0 Å². The molecule has 2 rings (SSSR count). The molecule has 1 aromatic heterocycles. The summed E-state index contributed by atoms with van der Waals surface area (Å²) in [6.45, 7) is 1.98. The number of aromatic nitrogens is 2. The van der Waals surface area contributed by atoms with Gasteiger partial charge >= 0.3 is 0 Å². The molecule has 0 fully saturated rings. The van der Waals surface area contributed by atoms with Crippen molar-refractivity contribution in [3.8, 4) is 11.3 Å². The van der Waals surface area contributed by atoms with E-state index in [4.69, 9.17) is 11.6 Å². The molecule has 0 saturated heterocycles. The highest BCUT2D eigenvalue weighted by atomic mass is 35.5. The Balaban J connectivity index is 2.55. The molecular weight excluding hydrogens is 253 g/mol. The highest BCUT2D eigenvalue weighted by molar-refractivity contribution is 6.33. The molecule has 1 aromatic carbocycles. The fraction of sp³-hybridized carbons (Fsp3) is 0.231. The van der Waals surface area contributed by atoms with Gasteiger partial charge < -0.3 is 5.32 Å². The second-order valence-electron chi connectivity index (χ2n) is 3.78. The third-order valence-electron chi connectivity index (χ3n) is 2.55. The molecule has 0 radical (unpaired) electrons. The minimum atomic E-state index is -0.359. The van der Waals surface area contributed by atoms with Crippen LogP contribution in [-0.2, 0) is 6.42 Å². The zero-order valence-electron chi connectivity index (χ0n) is 10.2. The van der Waals surface area contributed by atoms with Crippen molar-refractivity contribution in [2.45, 2.75) is 13.3 Å². The van der Waals surface area contributed by atoms with E-state index in [1.807, 2.05) is 6.92 Å². The molecule has 0 saturated carbocycles. The first-order valence-electron chi connectivity index (χ1n) is 5.65. The lowest BCUT2D eigenvalue weighted by Crippen LogP contribution is -2.01. The second kappa shape index (κ2) is 5.31. The molecule has 5 heteroatoms. The number of nitrogens with zero attached hydrogens (tertiary/aromatic N) is 2. The minimum Gasteiger partial charge on any atom is -0.373 e. The van der Waals surface area contributed by atoms with E-state index in [2.05, 4.69) is 15.3 Å². The maximum absolute atomic E-state index is 13.0. The Morgan fingerprint density at radius 2 is 2.06 bits per heavy atom. The highest BCUT2D eigenvalue weighted by Gasteiger charge is 2.09. The summed E-state index contributed by atoms with van der Waals surface area (Å²) in [6.07, 6.45) is 0.724. The van der Waals surface area contributed by atoms with E-state index in [1.165, 1.54) is 12.1 Å². The van der Waals surface area contributed by atoms with Crippen LogP contribution in [0.2, 0.25) is 5.02 Å². The van der Waals surface area contributed by atoms with Crippen molar-refractivity contribution in [3.05, 3.63) is 40.9 Å². The predicted molar refractivity (Wildman–Crippen MR) is 71.4 cm³/mol. The van der Waals surface area contributed by atoms with E-state index >= 15 is 0 Å². The molecule has 3 nitrogen and oxygen atoms in total. The largest absolute Gasteiger partial charge is 0.373 e. The monoisotopic (exact) mass is 265 g/mol. The summed E-state index contributed by atoms with van der Waals surface area (Å²) in [5, 5.41) is 3.32. The number of hydrogen-bond donors (Lipinski definition) is 1. The van der Waals surface area contributed by atoms with E-state index in [1.54, 1.807) is 19.2 Å². The summed E-state index contributed by atoms with van der Waals surface area (Å²) in [4.78, 5) is 8.71. The smallest absolute Gasteiger partial charge is 0.131 e. The Morgan fingerprint density at radius 1 is 1.28 bits per heavy atom. The predicted octanol–water partition coefficient (Wildman–Crippen LogP) is 3.54. The molecule has 1 N–H and O–H groups in total. The number of anilines is 1. The first kappa shape index (κ1) is 12.8. The fourth-order valence-corrected chi connectivity index (χ4v) is 1.88. The van der Waals surface area contributed by atoms with Crippen LogP contribution in [0.15, 0.2) is 24.3 Å². The van der Waals surface area contributed by atoms with Gasteiger partial charge in [-0.3, -0.25) is 0 Å². The number of nitrogens with one attached hydrogen (secondary N) is 1. The topological polar surface area (TPSA) is 37.8 Å². The molecule has 2 aromatic rings. The van der Waals surface area contributed by atoms with Gasteiger partial charge in [-0.05, 0) is 18.2 Å². The molecule has 18 heavy (non-hydrogen) atoms. The van der Waals surface area contributed by atoms with Gasteiger partial charge in [-0.15, -0.1) is 0 Å². The Morgan fingerprint density at radius 3 is 2.67 bits per heavy atom. The van der Waals surface area contributed by atoms with E-state index in [0.29, 0.717) is 16.3 Å². The third kappa shape index (κ3) is 2.59. The standard InChI is InChI=1S/C13H13ClFN3/c1-3-12-17-11(7-13(16-2)18-12)9-5-4-8(15)6-10(9)14/h4-7H,3H2,1-2H3,(H,16,17,18). The molecule has 0 aliphatic rings. The molecule has 0 aliphatic carbocycles. The van der Waals surface area contributed by atoms with Crippen LogP contribution in [-0.4, -0.2) is 17.0 Å². The van der Waals surface area contributed by atoms with E-state index in [9.17, 15) is 4.39 Å². The van der Waals surface area contributed by atoms with Gasteiger partial charge in [0.15, 0.2) is 0 Å². The van der Waals surface area contributed by atoms with E-state index in [-0.39, 0.29) is 5.82 Å². The van der Waals surface area contributed by atoms with Gasteiger partial charge in [0.25, 0.3) is 0 Å². The van der Waals surface area contributed by atoms with Crippen molar-refractivity contribution >= 4 is 17.4 Å². The third-order valence-corrected chi connectivity index (χ3v) is 2.86. The van der Waals surface area contributed by atoms with Crippen LogP contribution in [0, 0.1) is 5.82 Å². The number of halogens is 2. The van der Waals surface area contributed by atoms with Crippen molar-refractivity contribution in [2.75, 3.05) is 12.4 Å². The van der Waals surface area contributed by atoms with Crippen LogP contribution in [0.25, 0.3) is 11.3 Å². The van der Waals surface area contributed by atoms with Gasteiger partial charge in [0.2, 0.25) is 0 Å². The van der Waals surface area contributed by atoms with Crippen molar-refractivity contribution in [2.24, 2.45) is 0 Å². The summed E-state index contributed by atoms with van der Waals surface area (Å²) < 4.78 is 13.0. The van der Waals surface area contributed by atoms with Gasteiger partial charge in [-0.25, -0.2) is 14.4 Å². The number of rotatable bonds is 3. The lowest BCUT2D eigenvalue weighted by Gasteiger charge is -2.08. The summed E-state index contributed by atoms with van der Waals surface area (Å²) >= 11 is 6.03. The van der Waals surface area contributed by atoms with Crippen LogP contribution in [0.3, 0.4) is 0 Å². The lowest BCUT2D eigenvalue weighted by molar-refractivity contribution is 0.628. The van der Waals surface area contributed by atoms with Crippen LogP contribution in [0.4, 0.5) is 10.2 Å². The quantitative estimate of drug-likeness (QED) is 0.922. The Labute approximate surface area is 110 Å². The Kier molecular flexibility index (Phi) is 3.77. The highest BCUT2D eigenvalue weighted by Crippen LogP contribution is 2.28. The molecule has 0 aliphatic heterocycles. The fourth-order valence-electron chi connectivity index (χ4n) is 1.62. The van der Waals surface area contributed by atoms with Crippen LogP contribution < -0.4 is 5.32 Å². The Bertz CT molecular complexity index is 550. The summed E-state index contributed by atoms with van der Waals surface area (Å²) in [7, 11) is 1.79. The van der Waals surface area contributed by atoms with Crippen LogP contribution in [0.1, 0.15) is 12.7 Å². The summed E-state index contributed by atoms with van der Waals surface area (Å²) in [5.74, 6) is 1.08. The van der Waals surface area contributed by atoms with E-state index in [0.717, 1.165) is 18.1 Å².